The third-order valence-electron chi connectivity index (χ3n) is 11.5. The Morgan fingerprint density at radius 1 is 0.434 bits per heavy atom. The molecule has 0 aliphatic carbocycles. The van der Waals surface area contributed by atoms with E-state index in [0.717, 1.165) is 25.7 Å². The highest BCUT2D eigenvalue weighted by molar-refractivity contribution is 5.76. The maximum Gasteiger partial charge on any atom is 0.220 e. The SMILES string of the molecule is CCCCCCCCCCCCCCCC/C=C/[C@@H](O)[C@H](CO)NC(=O)CCCCCCCCCCCCCCCCCCCCCCCCCCC. The van der Waals surface area contributed by atoms with Gasteiger partial charge in [-0.25, -0.2) is 0 Å². The third-order valence-corrected chi connectivity index (χ3v) is 11.5. The van der Waals surface area contributed by atoms with Crippen molar-refractivity contribution in [3.8, 4) is 0 Å². The van der Waals surface area contributed by atoms with Crippen LogP contribution >= 0.6 is 0 Å². The van der Waals surface area contributed by atoms with Gasteiger partial charge in [-0.3, -0.25) is 4.79 Å². The van der Waals surface area contributed by atoms with E-state index in [0.29, 0.717) is 6.42 Å². The summed E-state index contributed by atoms with van der Waals surface area (Å²) in [6, 6.07) is -0.616. The van der Waals surface area contributed by atoms with Crippen LogP contribution in [0.5, 0.6) is 0 Å². The number of rotatable bonds is 45. The van der Waals surface area contributed by atoms with E-state index in [9.17, 15) is 15.0 Å². The molecule has 0 fully saturated rings. The number of hydrogen-bond donors (Lipinski definition) is 3. The van der Waals surface area contributed by atoms with Gasteiger partial charge >= 0.3 is 0 Å². The molecule has 0 saturated carbocycles. The van der Waals surface area contributed by atoms with Crippen molar-refractivity contribution < 1.29 is 15.0 Å². The number of unbranched alkanes of at least 4 members (excludes halogenated alkanes) is 38. The summed E-state index contributed by atoms with van der Waals surface area (Å²) in [5, 5.41) is 23.1. The van der Waals surface area contributed by atoms with Crippen LogP contribution in [0.1, 0.15) is 277 Å². The number of nitrogens with one attached hydrogen (secondary N) is 1. The van der Waals surface area contributed by atoms with Crippen molar-refractivity contribution in [2.24, 2.45) is 0 Å². The van der Waals surface area contributed by atoms with Crippen LogP contribution in [0.3, 0.4) is 0 Å². The quantitative estimate of drug-likeness (QED) is 0.0429. The highest BCUT2D eigenvalue weighted by atomic mass is 16.3. The van der Waals surface area contributed by atoms with Crippen LogP contribution in [0.15, 0.2) is 12.2 Å². The Morgan fingerprint density at radius 2 is 0.698 bits per heavy atom. The van der Waals surface area contributed by atoms with Gasteiger partial charge < -0.3 is 15.5 Å². The second-order valence-corrected chi connectivity index (χ2v) is 16.9. The van der Waals surface area contributed by atoms with Crippen LogP contribution in [0.4, 0.5) is 0 Å². The van der Waals surface area contributed by atoms with Crippen LogP contribution in [0, 0.1) is 0 Å². The summed E-state index contributed by atoms with van der Waals surface area (Å²) in [6.45, 7) is 4.34. The molecule has 2 atom stereocenters. The van der Waals surface area contributed by atoms with Crippen molar-refractivity contribution >= 4 is 5.91 Å². The van der Waals surface area contributed by atoms with Gasteiger partial charge in [-0.1, -0.05) is 264 Å². The molecule has 316 valence electrons. The number of allylic oxidation sites excluding steroid dienone is 1. The Morgan fingerprint density at radius 3 is 0.981 bits per heavy atom. The molecule has 4 nitrogen and oxygen atoms in total. The summed E-state index contributed by atoms with van der Waals surface area (Å²) in [5.74, 6) is -0.0578. The van der Waals surface area contributed by atoms with Gasteiger partial charge in [-0.15, -0.1) is 0 Å². The van der Waals surface area contributed by atoms with Crippen molar-refractivity contribution in [2.75, 3.05) is 6.61 Å². The lowest BCUT2D eigenvalue weighted by Crippen LogP contribution is -2.45. The first kappa shape index (κ1) is 52.1. The minimum atomic E-state index is -0.834. The Kier molecular flexibility index (Phi) is 44.8. The van der Waals surface area contributed by atoms with Gasteiger partial charge in [-0.2, -0.15) is 0 Å². The lowest BCUT2D eigenvalue weighted by atomic mass is 10.0. The summed E-state index contributed by atoms with van der Waals surface area (Å²) in [7, 11) is 0. The number of carbonyl (C=O) groups excluding carboxylic acids is 1. The topological polar surface area (TPSA) is 69.6 Å². The molecule has 1 amide bonds. The average molecular weight is 748 g/mol. The van der Waals surface area contributed by atoms with E-state index in [1.807, 2.05) is 6.08 Å². The summed E-state index contributed by atoms with van der Waals surface area (Å²) < 4.78 is 0. The molecule has 4 heteroatoms. The van der Waals surface area contributed by atoms with E-state index in [4.69, 9.17) is 0 Å². The fraction of sp³-hybridized carbons (Fsp3) is 0.939. The first-order chi connectivity index (χ1) is 26.2. The molecule has 53 heavy (non-hydrogen) atoms. The number of aliphatic hydroxyl groups excluding tert-OH is 2. The highest BCUT2D eigenvalue weighted by Crippen LogP contribution is 2.17. The highest BCUT2D eigenvalue weighted by Gasteiger charge is 2.18. The lowest BCUT2D eigenvalue weighted by molar-refractivity contribution is -0.123. The van der Waals surface area contributed by atoms with E-state index in [1.54, 1.807) is 6.08 Å². The van der Waals surface area contributed by atoms with Crippen molar-refractivity contribution in [3.05, 3.63) is 12.2 Å². The largest absolute Gasteiger partial charge is 0.394 e. The van der Waals surface area contributed by atoms with Gasteiger partial charge in [0.1, 0.15) is 0 Å². The zero-order chi connectivity index (χ0) is 38.6. The van der Waals surface area contributed by atoms with Crippen LogP contribution in [-0.4, -0.2) is 34.9 Å². The molecular weight excluding hydrogens is 651 g/mol. The molecule has 0 radical (unpaired) electrons. The maximum absolute atomic E-state index is 12.4. The molecular formula is C49H97NO3. The van der Waals surface area contributed by atoms with Crippen molar-refractivity contribution in [3.63, 3.8) is 0 Å². The molecule has 0 aromatic rings. The zero-order valence-corrected chi connectivity index (χ0v) is 36.3. The van der Waals surface area contributed by atoms with Crippen molar-refractivity contribution in [1.82, 2.24) is 5.32 Å². The van der Waals surface area contributed by atoms with Gasteiger partial charge in [0.2, 0.25) is 5.91 Å². The first-order valence-corrected chi connectivity index (χ1v) is 24.4. The fourth-order valence-corrected chi connectivity index (χ4v) is 7.77. The molecule has 0 spiro atoms. The van der Waals surface area contributed by atoms with Crippen molar-refractivity contribution in [1.29, 1.82) is 0 Å². The fourth-order valence-electron chi connectivity index (χ4n) is 7.77. The van der Waals surface area contributed by atoms with E-state index < -0.39 is 12.1 Å². The third kappa shape index (κ3) is 42.1. The molecule has 0 saturated heterocycles. The molecule has 0 aliphatic rings. The molecule has 0 bridgehead atoms. The average Bonchev–Trinajstić information content (AvgIpc) is 3.16. The monoisotopic (exact) mass is 748 g/mol. The van der Waals surface area contributed by atoms with Gasteiger partial charge in [0, 0.05) is 6.42 Å². The predicted molar refractivity (Wildman–Crippen MR) is 235 cm³/mol. The Balaban J connectivity index is 3.46. The zero-order valence-electron chi connectivity index (χ0n) is 36.3. The van der Waals surface area contributed by atoms with Gasteiger partial charge in [0.05, 0.1) is 18.8 Å². The van der Waals surface area contributed by atoms with Crippen LogP contribution in [-0.2, 0) is 4.79 Å². The molecule has 3 N–H and O–H groups in total. The lowest BCUT2D eigenvalue weighted by Gasteiger charge is -2.20. The maximum atomic E-state index is 12.4. The van der Waals surface area contributed by atoms with E-state index >= 15 is 0 Å². The smallest absolute Gasteiger partial charge is 0.220 e. The minimum Gasteiger partial charge on any atom is -0.394 e. The van der Waals surface area contributed by atoms with Gasteiger partial charge in [0.15, 0.2) is 0 Å². The second kappa shape index (κ2) is 45.5. The number of carbonyl (C=O) groups is 1. The summed E-state index contributed by atoms with van der Waals surface area (Å²) in [5.41, 5.74) is 0. The molecule has 0 heterocycles. The van der Waals surface area contributed by atoms with Crippen LogP contribution in [0.2, 0.25) is 0 Å². The van der Waals surface area contributed by atoms with Gasteiger partial charge in [-0.05, 0) is 19.3 Å². The Hall–Kier alpha value is -0.870. The minimum absolute atomic E-state index is 0.0578. The van der Waals surface area contributed by atoms with Crippen molar-refractivity contribution in [2.45, 2.75) is 289 Å². The predicted octanol–water partition coefficient (Wildman–Crippen LogP) is 15.4. The molecule has 0 unspecified atom stereocenters. The molecule has 0 aromatic carbocycles. The first-order valence-electron chi connectivity index (χ1n) is 24.4. The van der Waals surface area contributed by atoms with Gasteiger partial charge in [0.25, 0.3) is 0 Å². The Bertz CT molecular complexity index is 725. The standard InChI is InChI=1S/C49H97NO3/c1-3-5-7-9-11-13-15-17-19-21-22-23-24-25-26-27-28-29-31-33-35-37-39-41-43-45-49(53)50-47(46-51)48(52)44-42-40-38-36-34-32-30-20-18-16-14-12-10-8-6-4-2/h42,44,47-48,51-52H,3-41,43,45-46H2,1-2H3,(H,50,53)/b44-42+/t47-,48+/m0/s1. The van der Waals surface area contributed by atoms with E-state index in [1.165, 1.54) is 231 Å². The summed E-state index contributed by atoms with van der Waals surface area (Å²) in [4.78, 5) is 12.4. The van der Waals surface area contributed by atoms with E-state index in [2.05, 4.69) is 19.2 Å². The molecule has 0 aliphatic heterocycles. The molecule has 0 rings (SSSR count). The van der Waals surface area contributed by atoms with E-state index in [-0.39, 0.29) is 12.5 Å². The summed E-state index contributed by atoms with van der Waals surface area (Å²) >= 11 is 0. The second-order valence-electron chi connectivity index (χ2n) is 16.9. The summed E-state index contributed by atoms with van der Waals surface area (Å²) in [6.07, 6.45) is 57.7. The Labute approximate surface area is 333 Å². The molecule has 0 aromatic heterocycles. The number of amides is 1. The van der Waals surface area contributed by atoms with Crippen LogP contribution < -0.4 is 5.32 Å². The number of hydrogen-bond acceptors (Lipinski definition) is 3. The number of aliphatic hydroxyl groups is 2. The normalized spacial score (nSPS) is 12.9. The van der Waals surface area contributed by atoms with Crippen LogP contribution in [0.25, 0.3) is 0 Å².